The summed E-state index contributed by atoms with van der Waals surface area (Å²) in [5, 5.41) is 13.9. The van der Waals surface area contributed by atoms with E-state index in [0.717, 1.165) is 4.90 Å². The van der Waals surface area contributed by atoms with Crippen LogP contribution in [0.5, 0.6) is 0 Å². The van der Waals surface area contributed by atoms with Crippen LogP contribution in [-0.2, 0) is 14.3 Å². The van der Waals surface area contributed by atoms with Crippen LogP contribution < -0.4 is 10.6 Å². The van der Waals surface area contributed by atoms with Crippen LogP contribution in [-0.4, -0.2) is 67.8 Å². The van der Waals surface area contributed by atoms with E-state index in [1.165, 1.54) is 14.2 Å². The minimum atomic E-state index is -1.11. The number of methoxy groups -OCH3 is 1. The van der Waals surface area contributed by atoms with E-state index in [9.17, 15) is 14.4 Å². The summed E-state index contributed by atoms with van der Waals surface area (Å²) in [7, 11) is 2.94. The first kappa shape index (κ1) is 18.2. The predicted octanol–water partition coefficient (Wildman–Crippen LogP) is -0.500. The molecule has 0 aromatic rings. The molecule has 0 unspecified atom stereocenters. The first-order valence-corrected chi connectivity index (χ1v) is 6.29. The summed E-state index contributed by atoms with van der Waals surface area (Å²) in [5.74, 6) is -1.69. The van der Waals surface area contributed by atoms with Gasteiger partial charge in [-0.1, -0.05) is 13.8 Å². The molecule has 3 amide bonds. The molecule has 0 radical (unpaired) electrons. The van der Waals surface area contributed by atoms with Crippen LogP contribution in [0, 0.1) is 5.92 Å². The maximum Gasteiger partial charge on any atom is 0.326 e. The average Bonchev–Trinajstić information content (AvgIpc) is 2.34. The minimum absolute atomic E-state index is 0.153. The molecule has 0 aliphatic heterocycles. The molecule has 116 valence electrons. The zero-order valence-corrected chi connectivity index (χ0v) is 12.3. The number of carboxylic acids is 1. The molecule has 8 nitrogen and oxygen atoms in total. The monoisotopic (exact) mass is 289 g/mol. The number of urea groups is 1. The van der Waals surface area contributed by atoms with Crippen molar-refractivity contribution in [3.63, 3.8) is 0 Å². The van der Waals surface area contributed by atoms with Crippen LogP contribution in [0.4, 0.5) is 4.79 Å². The van der Waals surface area contributed by atoms with Crippen LogP contribution in [0.2, 0.25) is 0 Å². The van der Waals surface area contributed by atoms with E-state index >= 15 is 0 Å². The quantitative estimate of drug-likeness (QED) is 0.522. The number of hydrogen-bond acceptors (Lipinski definition) is 4. The Labute approximate surface area is 118 Å². The fourth-order valence-electron chi connectivity index (χ4n) is 1.39. The Morgan fingerprint density at radius 2 is 1.90 bits per heavy atom. The smallest absolute Gasteiger partial charge is 0.326 e. The molecule has 3 N–H and O–H groups in total. The molecule has 0 bridgehead atoms. The Bertz CT molecular complexity index is 346. The summed E-state index contributed by atoms with van der Waals surface area (Å²) >= 11 is 0. The third kappa shape index (κ3) is 6.93. The van der Waals surface area contributed by atoms with Crippen molar-refractivity contribution in [1.29, 1.82) is 0 Å². The molecule has 8 heteroatoms. The molecule has 0 aromatic carbocycles. The number of amides is 3. The number of ether oxygens (including phenoxy) is 1. The Kier molecular flexibility index (Phi) is 8.30. The van der Waals surface area contributed by atoms with E-state index < -0.39 is 18.0 Å². The van der Waals surface area contributed by atoms with Gasteiger partial charge in [0.1, 0.15) is 12.6 Å². The van der Waals surface area contributed by atoms with Gasteiger partial charge in [0.2, 0.25) is 5.91 Å². The molecule has 0 saturated carbocycles. The Morgan fingerprint density at radius 3 is 2.35 bits per heavy atom. The highest BCUT2D eigenvalue weighted by molar-refractivity contribution is 5.86. The highest BCUT2D eigenvalue weighted by atomic mass is 16.5. The number of carboxylic acid groups (broad SMARTS) is 1. The van der Waals surface area contributed by atoms with Crippen LogP contribution in [0.25, 0.3) is 0 Å². The second kappa shape index (κ2) is 9.13. The van der Waals surface area contributed by atoms with Crippen molar-refractivity contribution in [3.05, 3.63) is 0 Å². The Hall–Kier alpha value is -1.83. The number of carbonyl (C=O) groups is 3. The standard InChI is InChI=1S/C12H23N3O5/c1-8(2)10(11(17)18)14-12(19)15(3)7-9(16)13-5-6-20-4/h8,10H,5-7H2,1-4H3,(H,13,16)(H,14,19)(H,17,18)/t10-/m0/s1. The summed E-state index contributed by atoms with van der Waals surface area (Å²) in [5.41, 5.74) is 0. The van der Waals surface area contributed by atoms with Crippen molar-refractivity contribution in [1.82, 2.24) is 15.5 Å². The van der Waals surface area contributed by atoms with Gasteiger partial charge in [-0.3, -0.25) is 4.79 Å². The number of nitrogens with one attached hydrogen (secondary N) is 2. The Balaban J connectivity index is 4.26. The van der Waals surface area contributed by atoms with Gasteiger partial charge in [0, 0.05) is 20.7 Å². The molecule has 0 saturated heterocycles. The molecule has 0 aliphatic carbocycles. The maximum atomic E-state index is 11.8. The van der Waals surface area contributed by atoms with Crippen LogP contribution >= 0.6 is 0 Å². The second-order valence-corrected chi connectivity index (χ2v) is 4.71. The zero-order chi connectivity index (χ0) is 15.7. The molecule has 0 heterocycles. The number of rotatable bonds is 8. The number of carbonyl (C=O) groups excluding carboxylic acids is 2. The third-order valence-electron chi connectivity index (χ3n) is 2.57. The second-order valence-electron chi connectivity index (χ2n) is 4.71. The summed E-state index contributed by atoms with van der Waals surface area (Å²) in [6.45, 7) is 3.97. The van der Waals surface area contributed by atoms with Crippen molar-refractivity contribution >= 4 is 17.9 Å². The van der Waals surface area contributed by atoms with E-state index in [0.29, 0.717) is 13.2 Å². The SMILES string of the molecule is COCCNC(=O)CN(C)C(=O)N[C@H](C(=O)O)C(C)C. The number of aliphatic carboxylic acids is 1. The van der Waals surface area contributed by atoms with Gasteiger partial charge in [0.25, 0.3) is 0 Å². The van der Waals surface area contributed by atoms with E-state index in [4.69, 9.17) is 9.84 Å². The molecule has 0 fully saturated rings. The first-order valence-electron chi connectivity index (χ1n) is 6.29. The lowest BCUT2D eigenvalue weighted by atomic mass is 10.1. The minimum Gasteiger partial charge on any atom is -0.480 e. The largest absolute Gasteiger partial charge is 0.480 e. The fraction of sp³-hybridized carbons (Fsp3) is 0.750. The van der Waals surface area contributed by atoms with Crippen molar-refractivity contribution < 1.29 is 24.2 Å². The molecule has 0 rings (SSSR count). The number of likely N-dealkylation sites (N-methyl/N-ethyl adjacent to an activating group) is 1. The Morgan fingerprint density at radius 1 is 1.30 bits per heavy atom. The average molecular weight is 289 g/mol. The number of hydrogen-bond donors (Lipinski definition) is 3. The van der Waals surface area contributed by atoms with Crippen molar-refractivity contribution in [3.8, 4) is 0 Å². The van der Waals surface area contributed by atoms with E-state index in [2.05, 4.69) is 10.6 Å². The molecular weight excluding hydrogens is 266 g/mol. The molecule has 0 spiro atoms. The van der Waals surface area contributed by atoms with Gasteiger partial charge >= 0.3 is 12.0 Å². The van der Waals surface area contributed by atoms with Gasteiger partial charge in [0.05, 0.1) is 6.61 Å². The van der Waals surface area contributed by atoms with E-state index in [1.807, 2.05) is 0 Å². The highest BCUT2D eigenvalue weighted by Gasteiger charge is 2.25. The van der Waals surface area contributed by atoms with Gasteiger partial charge in [-0.05, 0) is 5.92 Å². The van der Waals surface area contributed by atoms with Gasteiger partial charge in [-0.15, -0.1) is 0 Å². The molecule has 20 heavy (non-hydrogen) atoms. The number of nitrogens with zero attached hydrogens (tertiary/aromatic N) is 1. The molecule has 0 aliphatic rings. The highest BCUT2D eigenvalue weighted by Crippen LogP contribution is 2.02. The lowest BCUT2D eigenvalue weighted by Crippen LogP contribution is -2.51. The predicted molar refractivity (Wildman–Crippen MR) is 72.3 cm³/mol. The summed E-state index contributed by atoms with van der Waals surface area (Å²) < 4.78 is 4.78. The summed E-state index contributed by atoms with van der Waals surface area (Å²) in [4.78, 5) is 35.4. The van der Waals surface area contributed by atoms with E-state index in [-0.39, 0.29) is 18.4 Å². The molecule has 0 aromatic heterocycles. The third-order valence-corrected chi connectivity index (χ3v) is 2.57. The van der Waals surface area contributed by atoms with Gasteiger partial charge < -0.3 is 25.4 Å². The van der Waals surface area contributed by atoms with Gasteiger partial charge in [0.15, 0.2) is 0 Å². The fourth-order valence-corrected chi connectivity index (χ4v) is 1.39. The topological polar surface area (TPSA) is 108 Å². The van der Waals surface area contributed by atoms with Gasteiger partial charge in [-0.25, -0.2) is 9.59 Å². The zero-order valence-electron chi connectivity index (χ0n) is 12.3. The van der Waals surface area contributed by atoms with Crippen LogP contribution in [0.1, 0.15) is 13.8 Å². The van der Waals surface area contributed by atoms with Crippen molar-refractivity contribution in [2.75, 3.05) is 33.9 Å². The normalized spacial score (nSPS) is 11.8. The van der Waals surface area contributed by atoms with Crippen LogP contribution in [0.3, 0.4) is 0 Å². The first-order chi connectivity index (χ1) is 9.29. The summed E-state index contributed by atoms with van der Waals surface area (Å²) in [6.07, 6.45) is 0. The molecule has 1 atom stereocenters. The van der Waals surface area contributed by atoms with E-state index in [1.54, 1.807) is 13.8 Å². The lowest BCUT2D eigenvalue weighted by molar-refractivity contribution is -0.140. The van der Waals surface area contributed by atoms with Gasteiger partial charge in [-0.2, -0.15) is 0 Å². The molecular formula is C12H23N3O5. The van der Waals surface area contributed by atoms with Crippen molar-refractivity contribution in [2.24, 2.45) is 5.92 Å². The lowest BCUT2D eigenvalue weighted by Gasteiger charge is -2.23. The van der Waals surface area contributed by atoms with Crippen molar-refractivity contribution in [2.45, 2.75) is 19.9 Å². The summed E-state index contributed by atoms with van der Waals surface area (Å²) in [6, 6.07) is -1.59. The van der Waals surface area contributed by atoms with Crippen LogP contribution in [0.15, 0.2) is 0 Å². The maximum absolute atomic E-state index is 11.8.